The number of fused-ring (bicyclic) bond motifs is 7. The number of nitrogens with one attached hydrogen (secondary N) is 1. The van der Waals surface area contributed by atoms with Crippen LogP contribution in [0.3, 0.4) is 0 Å². The van der Waals surface area contributed by atoms with Crippen molar-refractivity contribution in [2.24, 2.45) is 17.8 Å². The van der Waals surface area contributed by atoms with Gasteiger partial charge in [-0.05, 0) is 67.1 Å². The Morgan fingerprint density at radius 1 is 1.12 bits per heavy atom. The Labute approximate surface area is 147 Å². The molecule has 0 aromatic heterocycles. The number of non-ortho nitro benzene ring substituents is 1. The van der Waals surface area contributed by atoms with Gasteiger partial charge in [-0.15, -0.1) is 0 Å². The molecule has 1 aliphatic heterocycles. The Bertz CT molecular complexity index is 863. The lowest BCUT2D eigenvalue weighted by Gasteiger charge is -2.43. The molecule has 0 radical (unpaired) electrons. The lowest BCUT2D eigenvalue weighted by molar-refractivity contribution is -0.384. The maximum atomic E-state index is 11.2. The Morgan fingerprint density at radius 3 is 2.76 bits per heavy atom. The highest BCUT2D eigenvalue weighted by Gasteiger charge is 2.54. The number of rotatable bonds is 2. The average Bonchev–Trinajstić information content (AvgIpc) is 3.22. The molecule has 2 aromatic rings. The number of anilines is 1. The first-order chi connectivity index (χ1) is 12.1. The zero-order valence-corrected chi connectivity index (χ0v) is 14.3. The molecule has 2 bridgehead atoms. The molecule has 1 heterocycles. The van der Waals surface area contributed by atoms with Crippen molar-refractivity contribution < 1.29 is 4.92 Å². The predicted molar refractivity (Wildman–Crippen MR) is 97.7 cm³/mol. The second-order valence-corrected chi connectivity index (χ2v) is 8.00. The lowest BCUT2D eigenvalue weighted by atomic mass is 9.68. The van der Waals surface area contributed by atoms with E-state index in [-0.39, 0.29) is 10.6 Å². The van der Waals surface area contributed by atoms with Crippen molar-refractivity contribution in [3.05, 3.63) is 69.3 Å². The fourth-order valence-corrected chi connectivity index (χ4v) is 5.78. The minimum atomic E-state index is -0.269. The number of hydrogen-bond donors (Lipinski definition) is 1. The van der Waals surface area contributed by atoms with E-state index in [1.54, 1.807) is 6.07 Å². The van der Waals surface area contributed by atoms with Crippen molar-refractivity contribution >= 4 is 11.4 Å². The number of benzene rings is 2. The van der Waals surface area contributed by atoms with Gasteiger partial charge in [-0.25, -0.2) is 0 Å². The summed E-state index contributed by atoms with van der Waals surface area (Å²) in [6, 6.07) is 14.5. The van der Waals surface area contributed by atoms with E-state index < -0.39 is 0 Å². The molecule has 25 heavy (non-hydrogen) atoms. The fraction of sp³-hybridized carbons (Fsp3) is 0.429. The van der Waals surface area contributed by atoms with Crippen LogP contribution in [-0.4, -0.2) is 4.92 Å². The summed E-state index contributed by atoms with van der Waals surface area (Å²) in [6.07, 6.45) is 3.86. The van der Waals surface area contributed by atoms with E-state index >= 15 is 0 Å². The highest BCUT2D eigenvalue weighted by atomic mass is 16.6. The fourth-order valence-electron chi connectivity index (χ4n) is 5.78. The average molecular weight is 334 g/mol. The predicted octanol–water partition coefficient (Wildman–Crippen LogP) is 5.20. The molecule has 128 valence electrons. The van der Waals surface area contributed by atoms with Gasteiger partial charge in [0.05, 0.1) is 11.0 Å². The summed E-state index contributed by atoms with van der Waals surface area (Å²) >= 11 is 0. The van der Waals surface area contributed by atoms with Crippen molar-refractivity contribution in [2.45, 2.75) is 38.1 Å². The summed E-state index contributed by atoms with van der Waals surface area (Å²) in [5.74, 6) is 2.43. The number of hydrogen-bond acceptors (Lipinski definition) is 3. The molecular weight excluding hydrogens is 312 g/mol. The molecule has 5 atom stereocenters. The van der Waals surface area contributed by atoms with Crippen LogP contribution < -0.4 is 5.32 Å². The summed E-state index contributed by atoms with van der Waals surface area (Å²) < 4.78 is 0. The van der Waals surface area contributed by atoms with Crippen LogP contribution in [0.15, 0.2) is 42.5 Å². The third-order valence-electron chi connectivity index (χ3n) is 6.68. The van der Waals surface area contributed by atoms with Crippen molar-refractivity contribution in [3.63, 3.8) is 0 Å². The van der Waals surface area contributed by atoms with Crippen LogP contribution in [0.25, 0.3) is 0 Å². The first kappa shape index (κ1) is 14.9. The molecule has 5 rings (SSSR count). The molecule has 1 N–H and O–H groups in total. The SMILES string of the molecule is Cc1cccc(C2Nc3ccc([N+](=O)[O-])cc3C3C2[C@H]2CC[C@@H]3C2)c1. The molecular formula is C21H22N2O2. The van der Waals surface area contributed by atoms with Crippen molar-refractivity contribution in [1.29, 1.82) is 0 Å². The molecule has 2 fully saturated rings. The van der Waals surface area contributed by atoms with Crippen LogP contribution in [0.2, 0.25) is 0 Å². The van der Waals surface area contributed by atoms with Gasteiger partial charge in [0.15, 0.2) is 0 Å². The summed E-state index contributed by atoms with van der Waals surface area (Å²) in [5, 5.41) is 15.0. The van der Waals surface area contributed by atoms with Crippen LogP contribution in [0, 0.1) is 34.8 Å². The molecule has 0 spiro atoms. The van der Waals surface area contributed by atoms with Crippen LogP contribution in [0.4, 0.5) is 11.4 Å². The zero-order chi connectivity index (χ0) is 17.1. The maximum absolute atomic E-state index is 11.2. The van der Waals surface area contributed by atoms with Gasteiger partial charge in [-0.2, -0.15) is 0 Å². The summed E-state index contributed by atoms with van der Waals surface area (Å²) in [6.45, 7) is 2.14. The van der Waals surface area contributed by atoms with E-state index in [1.807, 2.05) is 12.1 Å². The van der Waals surface area contributed by atoms with E-state index in [0.29, 0.717) is 23.8 Å². The van der Waals surface area contributed by atoms with Gasteiger partial charge in [0.25, 0.3) is 5.69 Å². The normalized spacial score (nSPS) is 32.0. The number of nitro groups is 1. The highest BCUT2D eigenvalue weighted by Crippen LogP contribution is 2.63. The van der Waals surface area contributed by atoms with Gasteiger partial charge >= 0.3 is 0 Å². The molecule has 4 nitrogen and oxygen atoms in total. The van der Waals surface area contributed by atoms with Crippen LogP contribution in [0.5, 0.6) is 0 Å². The van der Waals surface area contributed by atoms with Gasteiger partial charge in [0.1, 0.15) is 0 Å². The Morgan fingerprint density at radius 2 is 1.96 bits per heavy atom. The first-order valence-corrected chi connectivity index (χ1v) is 9.23. The topological polar surface area (TPSA) is 55.2 Å². The number of nitro benzene ring substituents is 1. The zero-order valence-electron chi connectivity index (χ0n) is 14.3. The lowest BCUT2D eigenvalue weighted by Crippen LogP contribution is -2.35. The second-order valence-electron chi connectivity index (χ2n) is 8.00. The monoisotopic (exact) mass is 334 g/mol. The van der Waals surface area contributed by atoms with E-state index in [4.69, 9.17) is 0 Å². The molecule has 2 saturated carbocycles. The smallest absolute Gasteiger partial charge is 0.269 e. The molecule has 2 aromatic carbocycles. The van der Waals surface area contributed by atoms with Crippen molar-refractivity contribution in [1.82, 2.24) is 0 Å². The van der Waals surface area contributed by atoms with Gasteiger partial charge in [-0.3, -0.25) is 10.1 Å². The van der Waals surface area contributed by atoms with Gasteiger partial charge in [-0.1, -0.05) is 29.8 Å². The van der Waals surface area contributed by atoms with E-state index in [0.717, 1.165) is 11.6 Å². The quantitative estimate of drug-likeness (QED) is 0.606. The minimum Gasteiger partial charge on any atom is -0.378 e. The largest absolute Gasteiger partial charge is 0.378 e. The summed E-state index contributed by atoms with van der Waals surface area (Å²) in [7, 11) is 0. The molecule has 0 saturated heterocycles. The van der Waals surface area contributed by atoms with E-state index in [1.165, 1.54) is 36.0 Å². The van der Waals surface area contributed by atoms with Crippen LogP contribution >= 0.6 is 0 Å². The van der Waals surface area contributed by atoms with Crippen molar-refractivity contribution in [3.8, 4) is 0 Å². The Hall–Kier alpha value is -2.36. The molecule has 3 aliphatic rings. The maximum Gasteiger partial charge on any atom is 0.269 e. The molecule has 0 amide bonds. The van der Waals surface area contributed by atoms with Crippen LogP contribution in [0.1, 0.15) is 47.9 Å². The third kappa shape index (κ3) is 2.20. The highest BCUT2D eigenvalue weighted by molar-refractivity contribution is 5.62. The summed E-state index contributed by atoms with van der Waals surface area (Å²) in [4.78, 5) is 11.0. The van der Waals surface area contributed by atoms with Gasteiger partial charge < -0.3 is 5.32 Å². The van der Waals surface area contributed by atoms with Crippen LogP contribution in [-0.2, 0) is 0 Å². The number of aryl methyl sites for hydroxylation is 1. The molecule has 3 unspecified atom stereocenters. The molecule has 2 aliphatic carbocycles. The van der Waals surface area contributed by atoms with E-state index in [2.05, 4.69) is 36.5 Å². The summed E-state index contributed by atoms with van der Waals surface area (Å²) in [5.41, 5.74) is 5.12. The Balaban J connectivity index is 1.64. The standard InChI is InChI=1S/C21H22N2O2/c1-12-3-2-4-15(9-12)21-20-14-6-5-13(10-14)19(20)17-11-16(23(24)25)7-8-18(17)22-21/h2-4,7-9,11,13-14,19-22H,5-6,10H2,1H3/t13-,14+,19?,20?,21?/m1/s1. The minimum absolute atomic E-state index is 0.219. The Kier molecular flexibility index (Phi) is 3.18. The van der Waals surface area contributed by atoms with Gasteiger partial charge in [0.2, 0.25) is 0 Å². The third-order valence-corrected chi connectivity index (χ3v) is 6.68. The molecule has 4 heteroatoms. The number of nitrogens with zero attached hydrogens (tertiary/aromatic N) is 1. The van der Waals surface area contributed by atoms with Crippen molar-refractivity contribution in [2.75, 3.05) is 5.32 Å². The first-order valence-electron chi connectivity index (χ1n) is 9.23. The van der Waals surface area contributed by atoms with E-state index in [9.17, 15) is 10.1 Å². The van der Waals surface area contributed by atoms with Gasteiger partial charge in [0, 0.05) is 17.8 Å². The second kappa shape index (κ2) is 5.32.